The lowest BCUT2D eigenvalue weighted by atomic mass is 9.75. The number of hydrogen-bond acceptors (Lipinski definition) is 2. The highest BCUT2D eigenvalue weighted by Gasteiger charge is 2.63. The molecule has 0 aliphatic heterocycles. The highest BCUT2D eigenvalue weighted by molar-refractivity contribution is 6.12. The molecular formula is C10H12O2. The van der Waals surface area contributed by atoms with E-state index in [9.17, 15) is 9.59 Å². The van der Waals surface area contributed by atoms with Gasteiger partial charge in [-0.3, -0.25) is 9.59 Å². The van der Waals surface area contributed by atoms with Crippen molar-refractivity contribution >= 4 is 11.6 Å². The van der Waals surface area contributed by atoms with Crippen LogP contribution in [0.1, 0.15) is 38.5 Å². The minimum atomic E-state index is -0.437. The van der Waals surface area contributed by atoms with Crippen molar-refractivity contribution in [3.8, 4) is 0 Å². The lowest BCUT2D eigenvalue weighted by molar-refractivity contribution is -0.139. The second-order valence-corrected chi connectivity index (χ2v) is 4.78. The molecule has 0 N–H and O–H groups in total. The molecule has 3 rings (SSSR count). The van der Waals surface area contributed by atoms with Crippen molar-refractivity contribution in [3.63, 3.8) is 0 Å². The average Bonchev–Trinajstić information content (AvgIpc) is 2.79. The van der Waals surface area contributed by atoms with Crippen molar-refractivity contribution in [2.75, 3.05) is 0 Å². The van der Waals surface area contributed by atoms with E-state index in [4.69, 9.17) is 0 Å². The van der Waals surface area contributed by atoms with E-state index >= 15 is 0 Å². The summed E-state index contributed by atoms with van der Waals surface area (Å²) in [7, 11) is 0. The van der Waals surface area contributed by atoms with Crippen LogP contribution in [0.15, 0.2) is 0 Å². The quantitative estimate of drug-likeness (QED) is 0.508. The summed E-state index contributed by atoms with van der Waals surface area (Å²) in [6.45, 7) is 0. The monoisotopic (exact) mass is 164 g/mol. The molecule has 3 aliphatic rings. The van der Waals surface area contributed by atoms with Gasteiger partial charge in [0.25, 0.3) is 0 Å². The minimum Gasteiger partial charge on any atom is -0.299 e. The summed E-state index contributed by atoms with van der Waals surface area (Å²) < 4.78 is 0. The molecule has 2 nitrogen and oxygen atoms in total. The number of Topliss-reactive ketones (excluding diaryl/α,β-unsaturated/α-hetero) is 2. The molecule has 0 saturated heterocycles. The van der Waals surface area contributed by atoms with E-state index in [1.807, 2.05) is 0 Å². The van der Waals surface area contributed by atoms with Gasteiger partial charge in [0, 0.05) is 12.8 Å². The summed E-state index contributed by atoms with van der Waals surface area (Å²) in [4.78, 5) is 23.2. The van der Waals surface area contributed by atoms with Gasteiger partial charge in [0.1, 0.15) is 11.6 Å². The Morgan fingerprint density at radius 1 is 0.833 bits per heavy atom. The zero-order valence-electron chi connectivity index (χ0n) is 7.06. The van der Waals surface area contributed by atoms with Gasteiger partial charge in [-0.1, -0.05) is 0 Å². The van der Waals surface area contributed by atoms with E-state index in [1.54, 1.807) is 0 Å². The standard InChI is InChI=1S/C10H12O2/c11-7-5-9(1-2-9)6-8(12)10(7)3-4-10/h1-6H2. The van der Waals surface area contributed by atoms with Crippen LogP contribution in [0.4, 0.5) is 0 Å². The summed E-state index contributed by atoms with van der Waals surface area (Å²) in [6, 6.07) is 0. The minimum absolute atomic E-state index is 0.169. The summed E-state index contributed by atoms with van der Waals surface area (Å²) in [6.07, 6.45) is 5.33. The average molecular weight is 164 g/mol. The third-order valence-corrected chi connectivity index (χ3v) is 3.85. The van der Waals surface area contributed by atoms with Crippen molar-refractivity contribution < 1.29 is 9.59 Å². The first-order valence-electron chi connectivity index (χ1n) is 4.74. The topological polar surface area (TPSA) is 34.1 Å². The van der Waals surface area contributed by atoms with Crippen molar-refractivity contribution in [1.82, 2.24) is 0 Å². The van der Waals surface area contributed by atoms with E-state index in [1.165, 1.54) is 0 Å². The predicted octanol–water partition coefficient (Wildman–Crippen LogP) is 1.48. The molecule has 0 aromatic carbocycles. The van der Waals surface area contributed by atoms with Crippen LogP contribution < -0.4 is 0 Å². The van der Waals surface area contributed by atoms with Crippen LogP contribution in [0, 0.1) is 10.8 Å². The maximum absolute atomic E-state index is 11.6. The molecule has 0 bridgehead atoms. The summed E-state index contributed by atoms with van der Waals surface area (Å²) in [5.41, 5.74) is -0.268. The fourth-order valence-corrected chi connectivity index (χ4v) is 2.45. The number of rotatable bonds is 0. The first-order valence-corrected chi connectivity index (χ1v) is 4.74. The molecule has 0 atom stereocenters. The largest absolute Gasteiger partial charge is 0.299 e. The Bertz CT molecular complexity index is 260. The second kappa shape index (κ2) is 1.66. The molecule has 0 heterocycles. The van der Waals surface area contributed by atoms with Crippen LogP contribution in [0.5, 0.6) is 0 Å². The Kier molecular flexibility index (Phi) is 0.940. The van der Waals surface area contributed by atoms with Gasteiger partial charge in [-0.15, -0.1) is 0 Å². The Labute approximate surface area is 71.3 Å². The summed E-state index contributed by atoms with van der Waals surface area (Å²) in [5.74, 6) is 0.521. The van der Waals surface area contributed by atoms with Gasteiger partial charge in [-0.05, 0) is 31.1 Å². The highest BCUT2D eigenvalue weighted by Crippen LogP contribution is 2.62. The van der Waals surface area contributed by atoms with Crippen molar-refractivity contribution in [1.29, 1.82) is 0 Å². The molecule has 3 saturated carbocycles. The number of carbonyl (C=O) groups is 2. The number of hydrogen-bond donors (Lipinski definition) is 0. The van der Waals surface area contributed by atoms with Crippen LogP contribution in [0.2, 0.25) is 0 Å². The predicted molar refractivity (Wildman–Crippen MR) is 42.6 cm³/mol. The van der Waals surface area contributed by atoms with Gasteiger partial charge in [0.2, 0.25) is 0 Å². The molecular weight excluding hydrogens is 152 g/mol. The molecule has 0 aromatic rings. The normalized spacial score (nSPS) is 34.3. The third-order valence-electron chi connectivity index (χ3n) is 3.85. The first-order chi connectivity index (χ1) is 5.67. The molecule has 3 aliphatic carbocycles. The maximum atomic E-state index is 11.6. The van der Waals surface area contributed by atoms with Crippen LogP contribution >= 0.6 is 0 Å². The lowest BCUT2D eigenvalue weighted by Gasteiger charge is -2.25. The van der Waals surface area contributed by atoms with E-state index < -0.39 is 5.41 Å². The molecule has 2 spiro atoms. The van der Waals surface area contributed by atoms with Crippen LogP contribution in [-0.2, 0) is 9.59 Å². The highest BCUT2D eigenvalue weighted by atomic mass is 16.2. The van der Waals surface area contributed by atoms with E-state index in [2.05, 4.69) is 0 Å². The molecule has 64 valence electrons. The van der Waals surface area contributed by atoms with Crippen molar-refractivity contribution in [2.45, 2.75) is 38.5 Å². The molecule has 0 unspecified atom stereocenters. The second-order valence-electron chi connectivity index (χ2n) is 4.78. The van der Waals surface area contributed by atoms with E-state index in [0.29, 0.717) is 12.8 Å². The Balaban J connectivity index is 1.94. The SMILES string of the molecule is O=C1CC2(CC2)CC(=O)C12CC2. The fourth-order valence-electron chi connectivity index (χ4n) is 2.45. The van der Waals surface area contributed by atoms with Crippen molar-refractivity contribution in [3.05, 3.63) is 0 Å². The zero-order chi connectivity index (χ0) is 8.40. The summed E-state index contributed by atoms with van der Waals surface area (Å²) in [5, 5.41) is 0. The molecule has 0 radical (unpaired) electrons. The Morgan fingerprint density at radius 3 is 1.67 bits per heavy atom. The zero-order valence-corrected chi connectivity index (χ0v) is 7.06. The number of carbonyl (C=O) groups excluding carboxylic acids is 2. The lowest BCUT2D eigenvalue weighted by Crippen LogP contribution is -2.35. The smallest absolute Gasteiger partial charge is 0.146 e. The van der Waals surface area contributed by atoms with Gasteiger partial charge < -0.3 is 0 Å². The molecule has 0 aromatic heterocycles. The van der Waals surface area contributed by atoms with Gasteiger partial charge in [-0.2, -0.15) is 0 Å². The summed E-state index contributed by atoms with van der Waals surface area (Å²) >= 11 is 0. The van der Waals surface area contributed by atoms with Gasteiger partial charge in [0.05, 0.1) is 5.41 Å². The van der Waals surface area contributed by atoms with Gasteiger partial charge >= 0.3 is 0 Å². The van der Waals surface area contributed by atoms with E-state index in [-0.39, 0.29) is 17.0 Å². The Hall–Kier alpha value is -0.660. The number of ketones is 2. The van der Waals surface area contributed by atoms with Gasteiger partial charge in [0.15, 0.2) is 0 Å². The van der Waals surface area contributed by atoms with Crippen LogP contribution in [-0.4, -0.2) is 11.6 Å². The van der Waals surface area contributed by atoms with Crippen LogP contribution in [0.25, 0.3) is 0 Å². The first kappa shape index (κ1) is 6.81. The van der Waals surface area contributed by atoms with Crippen LogP contribution in [0.3, 0.4) is 0 Å². The Morgan fingerprint density at radius 2 is 1.33 bits per heavy atom. The maximum Gasteiger partial charge on any atom is 0.146 e. The molecule has 2 heteroatoms. The molecule has 12 heavy (non-hydrogen) atoms. The fraction of sp³-hybridized carbons (Fsp3) is 0.800. The molecule has 0 amide bonds. The van der Waals surface area contributed by atoms with Gasteiger partial charge in [-0.25, -0.2) is 0 Å². The third kappa shape index (κ3) is 0.661. The molecule has 3 fully saturated rings. The van der Waals surface area contributed by atoms with Crippen molar-refractivity contribution in [2.24, 2.45) is 10.8 Å². The van der Waals surface area contributed by atoms with E-state index in [0.717, 1.165) is 25.7 Å².